The predicted molar refractivity (Wildman–Crippen MR) is 93.0 cm³/mol. The molecule has 128 valence electrons. The van der Waals surface area contributed by atoms with E-state index in [9.17, 15) is 4.79 Å². The average Bonchev–Trinajstić information content (AvgIpc) is 2.65. The maximum Gasteiger partial charge on any atom is 0.337 e. The number of rotatable bonds is 6. The summed E-state index contributed by atoms with van der Waals surface area (Å²) in [7, 11) is 1.35. The summed E-state index contributed by atoms with van der Waals surface area (Å²) in [5.41, 5.74) is 2.85. The van der Waals surface area contributed by atoms with E-state index in [-0.39, 0.29) is 5.97 Å². The number of aryl methyl sites for hydroxylation is 1. The van der Waals surface area contributed by atoms with Gasteiger partial charge in [-0.25, -0.2) is 14.8 Å². The van der Waals surface area contributed by atoms with Crippen molar-refractivity contribution < 1.29 is 19.0 Å². The van der Waals surface area contributed by atoms with Gasteiger partial charge in [-0.2, -0.15) is 0 Å². The number of para-hydroxylation sites is 2. The molecule has 0 unspecified atom stereocenters. The number of fused-ring (bicyclic) bond motifs is 1. The van der Waals surface area contributed by atoms with Crippen LogP contribution in [0, 0.1) is 6.92 Å². The Morgan fingerprint density at radius 3 is 2.24 bits per heavy atom. The minimum absolute atomic E-state index is 0.340. The standard InChI is InChI=1S/C19H18N2O4/c1-13-18(21-17-6-4-3-5-16(17)20-13)25-12-11-24-15-9-7-14(8-10-15)19(22)23-2/h3-10H,11-12H2,1-2H3. The molecule has 0 saturated heterocycles. The second-order valence-electron chi connectivity index (χ2n) is 5.32. The number of benzene rings is 2. The molecule has 0 spiro atoms. The summed E-state index contributed by atoms with van der Waals surface area (Å²) in [4.78, 5) is 20.3. The lowest BCUT2D eigenvalue weighted by Gasteiger charge is -2.10. The maximum absolute atomic E-state index is 11.4. The van der Waals surface area contributed by atoms with E-state index < -0.39 is 0 Å². The van der Waals surface area contributed by atoms with Crippen LogP contribution in [-0.4, -0.2) is 36.3 Å². The molecule has 0 N–H and O–H groups in total. The molecule has 0 aliphatic rings. The lowest BCUT2D eigenvalue weighted by Crippen LogP contribution is -2.11. The smallest absolute Gasteiger partial charge is 0.337 e. The van der Waals surface area contributed by atoms with E-state index in [1.54, 1.807) is 24.3 Å². The average molecular weight is 338 g/mol. The molecule has 1 heterocycles. The van der Waals surface area contributed by atoms with Gasteiger partial charge in [0, 0.05) is 0 Å². The van der Waals surface area contributed by atoms with Crippen molar-refractivity contribution in [2.45, 2.75) is 6.92 Å². The van der Waals surface area contributed by atoms with Crippen LogP contribution in [0.4, 0.5) is 0 Å². The topological polar surface area (TPSA) is 70.5 Å². The number of carbonyl (C=O) groups is 1. The molecular formula is C19H18N2O4. The summed E-state index contributed by atoms with van der Waals surface area (Å²) < 4.78 is 15.9. The first-order chi connectivity index (χ1) is 12.2. The van der Waals surface area contributed by atoms with Crippen molar-refractivity contribution in [3.05, 3.63) is 59.8 Å². The van der Waals surface area contributed by atoms with Gasteiger partial charge in [0.1, 0.15) is 24.7 Å². The van der Waals surface area contributed by atoms with Crippen molar-refractivity contribution in [1.29, 1.82) is 0 Å². The Bertz CT molecular complexity index is 878. The van der Waals surface area contributed by atoms with Crippen LogP contribution in [-0.2, 0) is 4.74 Å². The Kier molecular flexibility index (Phi) is 5.09. The van der Waals surface area contributed by atoms with Crippen LogP contribution >= 0.6 is 0 Å². The van der Waals surface area contributed by atoms with Crippen molar-refractivity contribution in [1.82, 2.24) is 9.97 Å². The molecule has 0 aliphatic heterocycles. The molecule has 1 aromatic heterocycles. The SMILES string of the molecule is COC(=O)c1ccc(OCCOc2nc3ccccc3nc2C)cc1. The fourth-order valence-electron chi connectivity index (χ4n) is 2.31. The van der Waals surface area contributed by atoms with Gasteiger partial charge < -0.3 is 14.2 Å². The number of methoxy groups -OCH3 is 1. The van der Waals surface area contributed by atoms with E-state index >= 15 is 0 Å². The first-order valence-corrected chi connectivity index (χ1v) is 7.85. The summed E-state index contributed by atoms with van der Waals surface area (Å²) >= 11 is 0. The highest BCUT2D eigenvalue weighted by atomic mass is 16.5. The van der Waals surface area contributed by atoms with E-state index in [4.69, 9.17) is 9.47 Å². The van der Waals surface area contributed by atoms with Crippen LogP contribution < -0.4 is 9.47 Å². The van der Waals surface area contributed by atoms with Gasteiger partial charge in [-0.3, -0.25) is 0 Å². The molecule has 0 aliphatic carbocycles. The van der Waals surface area contributed by atoms with Gasteiger partial charge in [-0.05, 0) is 43.3 Å². The summed E-state index contributed by atoms with van der Waals surface area (Å²) in [5, 5.41) is 0. The fraction of sp³-hybridized carbons (Fsp3) is 0.211. The molecular weight excluding hydrogens is 320 g/mol. The molecule has 3 aromatic rings. The lowest BCUT2D eigenvalue weighted by atomic mass is 10.2. The van der Waals surface area contributed by atoms with Crippen LogP contribution in [0.3, 0.4) is 0 Å². The number of aromatic nitrogens is 2. The van der Waals surface area contributed by atoms with Crippen LogP contribution in [0.25, 0.3) is 11.0 Å². The zero-order valence-electron chi connectivity index (χ0n) is 14.1. The largest absolute Gasteiger partial charge is 0.490 e. The fourth-order valence-corrected chi connectivity index (χ4v) is 2.31. The summed E-state index contributed by atoms with van der Waals surface area (Å²) in [6.07, 6.45) is 0. The van der Waals surface area contributed by atoms with Gasteiger partial charge in [0.2, 0.25) is 5.88 Å². The monoisotopic (exact) mass is 338 g/mol. The molecule has 0 saturated carbocycles. The third kappa shape index (κ3) is 4.03. The highest BCUT2D eigenvalue weighted by molar-refractivity contribution is 5.89. The lowest BCUT2D eigenvalue weighted by molar-refractivity contribution is 0.0600. The maximum atomic E-state index is 11.4. The second-order valence-corrected chi connectivity index (χ2v) is 5.32. The van der Waals surface area contributed by atoms with Gasteiger partial charge >= 0.3 is 5.97 Å². The molecule has 0 bridgehead atoms. The van der Waals surface area contributed by atoms with Crippen molar-refractivity contribution in [3.8, 4) is 11.6 Å². The molecule has 6 heteroatoms. The second kappa shape index (κ2) is 7.61. The van der Waals surface area contributed by atoms with Crippen LogP contribution in [0.1, 0.15) is 16.1 Å². The van der Waals surface area contributed by atoms with Crippen molar-refractivity contribution in [2.24, 2.45) is 0 Å². The normalized spacial score (nSPS) is 10.5. The van der Waals surface area contributed by atoms with Crippen molar-refractivity contribution in [2.75, 3.05) is 20.3 Å². The highest BCUT2D eigenvalue weighted by Crippen LogP contribution is 2.18. The quantitative estimate of drug-likeness (QED) is 0.508. The molecule has 0 radical (unpaired) electrons. The Morgan fingerprint density at radius 2 is 1.56 bits per heavy atom. The van der Waals surface area contributed by atoms with Crippen LogP contribution in [0.15, 0.2) is 48.5 Å². The minimum atomic E-state index is -0.375. The van der Waals surface area contributed by atoms with E-state index in [1.165, 1.54) is 7.11 Å². The predicted octanol–water partition coefficient (Wildman–Crippen LogP) is 3.18. The number of esters is 1. The Balaban J connectivity index is 1.55. The first kappa shape index (κ1) is 16.7. The van der Waals surface area contributed by atoms with Gasteiger partial charge in [0.25, 0.3) is 0 Å². The molecule has 0 amide bonds. The molecule has 3 rings (SSSR count). The summed E-state index contributed by atoms with van der Waals surface area (Å²) in [6.45, 7) is 2.55. The molecule has 25 heavy (non-hydrogen) atoms. The zero-order chi connectivity index (χ0) is 17.6. The molecule has 2 aromatic carbocycles. The van der Waals surface area contributed by atoms with Crippen LogP contribution in [0.2, 0.25) is 0 Å². The van der Waals surface area contributed by atoms with Crippen LogP contribution in [0.5, 0.6) is 11.6 Å². The van der Waals surface area contributed by atoms with E-state index in [1.807, 2.05) is 31.2 Å². The third-order valence-corrected chi connectivity index (χ3v) is 3.57. The van der Waals surface area contributed by atoms with Crippen molar-refractivity contribution in [3.63, 3.8) is 0 Å². The van der Waals surface area contributed by atoms with Gasteiger partial charge in [-0.15, -0.1) is 0 Å². The first-order valence-electron chi connectivity index (χ1n) is 7.85. The molecule has 0 fully saturated rings. The summed E-state index contributed by atoms with van der Waals surface area (Å²) in [5.74, 6) is 0.779. The number of hydrogen-bond acceptors (Lipinski definition) is 6. The number of ether oxygens (including phenoxy) is 3. The van der Waals surface area contributed by atoms with E-state index in [0.29, 0.717) is 30.4 Å². The van der Waals surface area contributed by atoms with Crippen molar-refractivity contribution >= 4 is 17.0 Å². The third-order valence-electron chi connectivity index (χ3n) is 3.57. The van der Waals surface area contributed by atoms with Gasteiger partial charge in [-0.1, -0.05) is 12.1 Å². The number of carbonyl (C=O) groups excluding carboxylic acids is 1. The Hall–Kier alpha value is -3.15. The van der Waals surface area contributed by atoms with Gasteiger partial charge in [0.15, 0.2) is 0 Å². The van der Waals surface area contributed by atoms with E-state index in [2.05, 4.69) is 14.7 Å². The Morgan fingerprint density at radius 1 is 0.920 bits per heavy atom. The Labute approximate surface area is 145 Å². The summed E-state index contributed by atoms with van der Waals surface area (Å²) in [6, 6.07) is 14.4. The zero-order valence-corrected chi connectivity index (χ0v) is 14.1. The molecule has 0 atom stereocenters. The molecule has 6 nitrogen and oxygen atoms in total. The van der Waals surface area contributed by atoms with Gasteiger partial charge in [0.05, 0.1) is 23.7 Å². The number of nitrogens with zero attached hydrogens (tertiary/aromatic N) is 2. The minimum Gasteiger partial charge on any atom is -0.490 e. The highest BCUT2D eigenvalue weighted by Gasteiger charge is 2.07. The van der Waals surface area contributed by atoms with E-state index in [0.717, 1.165) is 16.7 Å². The number of hydrogen-bond donors (Lipinski definition) is 0.